The molecule has 2 aliphatic rings. The zero-order valence-corrected chi connectivity index (χ0v) is 18.7. The van der Waals surface area contributed by atoms with Crippen molar-refractivity contribution in [1.29, 1.82) is 0 Å². The van der Waals surface area contributed by atoms with Gasteiger partial charge < -0.3 is 9.80 Å². The van der Waals surface area contributed by atoms with Crippen LogP contribution in [-0.2, 0) is 6.18 Å². The van der Waals surface area contributed by atoms with E-state index in [1.165, 1.54) is 12.1 Å². The normalized spacial score (nSPS) is 18.8. The third-order valence-electron chi connectivity index (χ3n) is 6.82. The predicted octanol–water partition coefficient (Wildman–Crippen LogP) is 4.75. The van der Waals surface area contributed by atoms with Crippen molar-refractivity contribution in [2.45, 2.75) is 38.9 Å². The summed E-state index contributed by atoms with van der Waals surface area (Å²) in [5, 5.41) is 0. The van der Waals surface area contributed by atoms with Gasteiger partial charge in [-0.3, -0.25) is 9.69 Å². The Kier molecular flexibility index (Phi) is 6.47. The van der Waals surface area contributed by atoms with Crippen molar-refractivity contribution in [3.63, 3.8) is 0 Å². The number of aryl methyl sites for hydroxylation is 2. The van der Waals surface area contributed by atoms with Crippen LogP contribution in [0.4, 0.5) is 18.9 Å². The monoisotopic (exact) mass is 445 g/mol. The Labute approximate surface area is 187 Å². The summed E-state index contributed by atoms with van der Waals surface area (Å²) in [4.78, 5) is 19.5. The van der Waals surface area contributed by atoms with E-state index in [2.05, 4.69) is 4.90 Å². The van der Waals surface area contributed by atoms with Crippen LogP contribution in [0.5, 0.6) is 0 Å². The number of benzene rings is 2. The zero-order valence-electron chi connectivity index (χ0n) is 18.7. The molecule has 0 aliphatic carbocycles. The first-order valence-electron chi connectivity index (χ1n) is 11.3. The van der Waals surface area contributed by atoms with Gasteiger partial charge in [0, 0.05) is 56.6 Å². The van der Waals surface area contributed by atoms with Crippen LogP contribution in [-0.4, -0.2) is 61.0 Å². The fourth-order valence-electron chi connectivity index (χ4n) is 4.97. The highest BCUT2D eigenvalue weighted by Gasteiger charge is 2.32. The van der Waals surface area contributed by atoms with Gasteiger partial charge in [-0.25, -0.2) is 0 Å². The number of hydrogen-bond donors (Lipinski definition) is 0. The molecule has 7 heteroatoms. The molecule has 0 saturated carbocycles. The second-order valence-corrected chi connectivity index (χ2v) is 8.86. The van der Waals surface area contributed by atoms with Gasteiger partial charge in [-0.2, -0.15) is 13.2 Å². The van der Waals surface area contributed by atoms with Crippen molar-refractivity contribution < 1.29 is 18.0 Å². The van der Waals surface area contributed by atoms with Crippen molar-refractivity contribution in [1.82, 2.24) is 9.80 Å². The smallest absolute Gasteiger partial charge is 0.369 e. The highest BCUT2D eigenvalue weighted by molar-refractivity contribution is 5.97. The van der Waals surface area contributed by atoms with E-state index in [1.807, 2.05) is 41.8 Å². The van der Waals surface area contributed by atoms with Crippen LogP contribution in [0.25, 0.3) is 0 Å². The molecule has 0 radical (unpaired) electrons. The molecule has 2 aromatic carbocycles. The summed E-state index contributed by atoms with van der Waals surface area (Å²) < 4.78 is 39.1. The van der Waals surface area contributed by atoms with Gasteiger partial charge >= 0.3 is 6.18 Å². The number of anilines is 1. The lowest BCUT2D eigenvalue weighted by Gasteiger charge is -2.43. The Hall–Kier alpha value is -2.54. The third-order valence-corrected chi connectivity index (χ3v) is 6.82. The van der Waals surface area contributed by atoms with Crippen molar-refractivity contribution in [3.05, 3.63) is 64.7 Å². The molecule has 0 N–H and O–H groups in total. The highest BCUT2D eigenvalue weighted by Crippen LogP contribution is 2.32. The fourth-order valence-corrected chi connectivity index (χ4v) is 4.97. The largest absolute Gasteiger partial charge is 0.416 e. The van der Waals surface area contributed by atoms with Gasteiger partial charge in [-0.05, 0) is 56.0 Å². The molecule has 2 aliphatic heterocycles. The highest BCUT2D eigenvalue weighted by atomic mass is 19.4. The van der Waals surface area contributed by atoms with Crippen LogP contribution in [0.1, 0.15) is 39.9 Å². The Morgan fingerprint density at radius 2 is 1.47 bits per heavy atom. The summed E-state index contributed by atoms with van der Waals surface area (Å²) in [6.45, 7) is 8.52. The van der Waals surface area contributed by atoms with Crippen LogP contribution in [0.3, 0.4) is 0 Å². The van der Waals surface area contributed by atoms with E-state index in [4.69, 9.17) is 0 Å². The number of piperidine rings is 1. The Balaban J connectivity index is 1.31. The van der Waals surface area contributed by atoms with E-state index < -0.39 is 11.7 Å². The molecule has 0 bridgehead atoms. The van der Waals surface area contributed by atoms with Gasteiger partial charge in [-0.15, -0.1) is 0 Å². The Morgan fingerprint density at radius 3 is 2.06 bits per heavy atom. The van der Waals surface area contributed by atoms with Gasteiger partial charge in [0.15, 0.2) is 0 Å². The van der Waals surface area contributed by atoms with E-state index >= 15 is 0 Å². The van der Waals surface area contributed by atoms with Crippen molar-refractivity contribution in [3.8, 4) is 0 Å². The van der Waals surface area contributed by atoms with E-state index in [0.29, 0.717) is 24.8 Å². The van der Waals surface area contributed by atoms with E-state index in [-0.39, 0.29) is 5.91 Å². The number of halogens is 3. The second-order valence-electron chi connectivity index (χ2n) is 8.86. The van der Waals surface area contributed by atoms with E-state index in [9.17, 15) is 18.0 Å². The first kappa shape index (κ1) is 22.6. The van der Waals surface area contributed by atoms with Gasteiger partial charge in [0.25, 0.3) is 5.91 Å². The van der Waals surface area contributed by atoms with Crippen molar-refractivity contribution in [2.24, 2.45) is 0 Å². The first-order valence-corrected chi connectivity index (χ1v) is 11.3. The van der Waals surface area contributed by atoms with Gasteiger partial charge in [0.05, 0.1) is 5.56 Å². The molecule has 2 aromatic rings. The molecule has 2 saturated heterocycles. The summed E-state index contributed by atoms with van der Waals surface area (Å²) in [6, 6.07) is 12.0. The average molecular weight is 446 g/mol. The SMILES string of the molecule is Cc1cccc(C)c1C(=O)N1CCC(N2CCN(c3cccc(C(F)(F)F)c3)CC2)CC1. The summed E-state index contributed by atoms with van der Waals surface area (Å²) in [5.74, 6) is 0.119. The van der Waals surface area contributed by atoms with Crippen LogP contribution >= 0.6 is 0 Å². The van der Waals surface area contributed by atoms with Crippen molar-refractivity contribution >= 4 is 11.6 Å². The van der Waals surface area contributed by atoms with Gasteiger partial charge in [-0.1, -0.05) is 24.3 Å². The molecular formula is C25H30F3N3O. The number of likely N-dealkylation sites (tertiary alicyclic amines) is 1. The van der Waals surface area contributed by atoms with E-state index in [0.717, 1.165) is 61.8 Å². The topological polar surface area (TPSA) is 26.8 Å². The second kappa shape index (κ2) is 9.14. The van der Waals surface area contributed by atoms with Gasteiger partial charge in [0.1, 0.15) is 0 Å². The van der Waals surface area contributed by atoms with Crippen molar-refractivity contribution in [2.75, 3.05) is 44.2 Å². The number of nitrogens with zero attached hydrogens (tertiary/aromatic N) is 3. The summed E-state index contributed by atoms with van der Waals surface area (Å²) >= 11 is 0. The molecule has 4 nitrogen and oxygen atoms in total. The molecular weight excluding hydrogens is 415 g/mol. The summed E-state index contributed by atoms with van der Waals surface area (Å²) in [5.41, 5.74) is 2.89. The van der Waals surface area contributed by atoms with Crippen LogP contribution in [0.15, 0.2) is 42.5 Å². The average Bonchev–Trinajstić information content (AvgIpc) is 2.79. The molecule has 4 rings (SSSR count). The lowest BCUT2D eigenvalue weighted by molar-refractivity contribution is -0.137. The number of amides is 1. The molecule has 0 aromatic heterocycles. The minimum Gasteiger partial charge on any atom is -0.369 e. The Morgan fingerprint density at radius 1 is 0.875 bits per heavy atom. The number of alkyl halides is 3. The number of piperazine rings is 1. The third kappa shape index (κ3) is 4.77. The minimum absolute atomic E-state index is 0.119. The lowest BCUT2D eigenvalue weighted by atomic mass is 9.98. The Bertz CT molecular complexity index is 939. The number of rotatable bonds is 3. The first-order chi connectivity index (χ1) is 15.2. The van der Waals surface area contributed by atoms with E-state index in [1.54, 1.807) is 6.07 Å². The molecule has 2 heterocycles. The fraction of sp³-hybridized carbons (Fsp3) is 0.480. The quantitative estimate of drug-likeness (QED) is 0.682. The maximum Gasteiger partial charge on any atom is 0.416 e. The van der Waals surface area contributed by atoms with Gasteiger partial charge in [0.2, 0.25) is 0 Å². The number of carbonyl (C=O) groups excluding carboxylic acids is 1. The molecule has 0 unspecified atom stereocenters. The number of hydrogen-bond acceptors (Lipinski definition) is 3. The number of carbonyl (C=O) groups is 1. The molecule has 2 fully saturated rings. The molecule has 0 atom stereocenters. The molecule has 172 valence electrons. The maximum absolute atomic E-state index is 13.0. The zero-order chi connectivity index (χ0) is 22.9. The lowest BCUT2D eigenvalue weighted by Crippen LogP contribution is -2.54. The predicted molar refractivity (Wildman–Crippen MR) is 120 cm³/mol. The summed E-state index contributed by atoms with van der Waals surface area (Å²) in [7, 11) is 0. The van der Waals surface area contributed by atoms with Crippen LogP contribution in [0, 0.1) is 13.8 Å². The minimum atomic E-state index is -4.32. The summed E-state index contributed by atoms with van der Waals surface area (Å²) in [6.07, 6.45) is -2.46. The molecule has 1 amide bonds. The molecule has 0 spiro atoms. The molecule has 32 heavy (non-hydrogen) atoms. The standard InChI is InChI=1S/C25H30F3N3O/c1-18-5-3-6-19(2)23(18)24(32)31-11-9-21(10-12-31)29-13-15-30(16-14-29)22-8-4-7-20(17-22)25(26,27)28/h3-8,17,21H,9-16H2,1-2H3. The maximum atomic E-state index is 13.0. The van der Waals surface area contributed by atoms with Crippen LogP contribution in [0.2, 0.25) is 0 Å². The van der Waals surface area contributed by atoms with Crippen LogP contribution < -0.4 is 4.90 Å².